The molecule has 6 rings (SSSR count). The summed E-state index contributed by atoms with van der Waals surface area (Å²) in [5.74, 6) is 0.843. The second kappa shape index (κ2) is 12.4. The number of aromatic nitrogens is 3. The third kappa shape index (κ3) is 6.36. The second-order valence-electron chi connectivity index (χ2n) is 13.0. The lowest BCUT2D eigenvalue weighted by Gasteiger charge is -2.42. The van der Waals surface area contributed by atoms with E-state index in [0.717, 1.165) is 66.0 Å². The van der Waals surface area contributed by atoms with Crippen LogP contribution >= 0.6 is 0 Å². The maximum atomic E-state index is 13.0. The first-order valence-corrected chi connectivity index (χ1v) is 15.6. The number of likely N-dealkylation sites (N-methyl/N-ethyl adjacent to an activating group) is 1. The van der Waals surface area contributed by atoms with Crippen molar-refractivity contribution in [3.63, 3.8) is 0 Å². The van der Waals surface area contributed by atoms with Crippen LogP contribution in [0.2, 0.25) is 0 Å². The zero-order valence-electron chi connectivity index (χ0n) is 26.2. The molecule has 11 nitrogen and oxygen atoms in total. The summed E-state index contributed by atoms with van der Waals surface area (Å²) >= 11 is 0. The van der Waals surface area contributed by atoms with Gasteiger partial charge in [-0.1, -0.05) is 6.07 Å². The van der Waals surface area contributed by atoms with Crippen LogP contribution in [0.4, 0.5) is 16.3 Å². The van der Waals surface area contributed by atoms with E-state index in [1.165, 1.54) is 0 Å². The van der Waals surface area contributed by atoms with Crippen LogP contribution in [0.15, 0.2) is 36.5 Å². The maximum absolute atomic E-state index is 13.0. The minimum atomic E-state index is -0.608. The minimum Gasteiger partial charge on any atom is -0.462 e. The number of carbonyl (C=O) groups is 1. The molecule has 1 aromatic carbocycles. The molecule has 0 bridgehead atoms. The van der Waals surface area contributed by atoms with E-state index in [1.54, 1.807) is 4.90 Å². The van der Waals surface area contributed by atoms with E-state index in [2.05, 4.69) is 51.0 Å². The highest BCUT2D eigenvalue weighted by molar-refractivity contribution is 5.91. The molecule has 2 aromatic heterocycles. The van der Waals surface area contributed by atoms with Gasteiger partial charge < -0.3 is 29.1 Å². The fourth-order valence-corrected chi connectivity index (χ4v) is 6.53. The molecule has 0 radical (unpaired) electrons. The Morgan fingerprint density at radius 1 is 1.07 bits per heavy atom. The fraction of sp³-hybridized carbons (Fsp3) is 0.545. The van der Waals surface area contributed by atoms with Gasteiger partial charge in [-0.25, -0.2) is 4.79 Å². The standard InChI is InChI=1S/C33H42N8O3/c1-33(2,3)44-32(42)41-19-18-40(20-23(41)12-14-34)30-26-13-17-39(29-11-5-10-27-25(29)9-6-15-35-27)21-28(26)36-31(37-30)43-22-24-8-7-16-38(24)4/h5-6,9-11,15,23-24H,7-8,12-13,16-22H2,1-4H3/t23-,24-/m0/s1. The average Bonchev–Trinajstić information content (AvgIpc) is 3.42. The normalized spacial score (nSPS) is 20.8. The van der Waals surface area contributed by atoms with E-state index < -0.39 is 5.60 Å². The molecule has 11 heteroatoms. The van der Waals surface area contributed by atoms with Gasteiger partial charge in [-0.3, -0.25) is 4.98 Å². The maximum Gasteiger partial charge on any atom is 0.410 e. The predicted molar refractivity (Wildman–Crippen MR) is 169 cm³/mol. The number of benzene rings is 1. The van der Waals surface area contributed by atoms with Crippen LogP contribution in [0, 0.1) is 11.3 Å². The Balaban J connectivity index is 1.30. The van der Waals surface area contributed by atoms with E-state index in [0.29, 0.717) is 44.8 Å². The van der Waals surface area contributed by atoms with Crippen molar-refractivity contribution >= 4 is 28.5 Å². The molecule has 1 amide bonds. The Hall–Kier alpha value is -4.17. The number of likely N-dealkylation sites (tertiary alicyclic amines) is 1. The molecule has 3 aromatic rings. The molecular formula is C33H42N8O3. The molecular weight excluding hydrogens is 556 g/mol. The SMILES string of the molecule is CN1CCC[C@H]1COc1nc2c(c(N3CCN(C(=O)OC(C)(C)C)[C@@H](CC#N)C3)n1)CCN(c1cccc3ncccc13)C2. The molecule has 3 aliphatic heterocycles. The summed E-state index contributed by atoms with van der Waals surface area (Å²) in [5.41, 5.74) is 3.55. The highest BCUT2D eigenvalue weighted by atomic mass is 16.6. The molecule has 2 fully saturated rings. The predicted octanol–water partition coefficient (Wildman–Crippen LogP) is 4.40. The van der Waals surface area contributed by atoms with Crippen molar-refractivity contribution in [2.45, 2.75) is 70.7 Å². The van der Waals surface area contributed by atoms with Gasteiger partial charge in [0.15, 0.2) is 0 Å². The van der Waals surface area contributed by atoms with Crippen LogP contribution < -0.4 is 14.5 Å². The summed E-state index contributed by atoms with van der Waals surface area (Å²) in [5, 5.41) is 10.8. The van der Waals surface area contributed by atoms with Crippen molar-refractivity contribution in [2.24, 2.45) is 0 Å². The van der Waals surface area contributed by atoms with Crippen LogP contribution in [0.5, 0.6) is 6.01 Å². The first kappa shape index (κ1) is 29.9. The monoisotopic (exact) mass is 598 g/mol. The number of amides is 1. The zero-order chi connectivity index (χ0) is 30.8. The number of pyridine rings is 1. The van der Waals surface area contributed by atoms with Crippen molar-refractivity contribution in [1.29, 1.82) is 5.26 Å². The second-order valence-corrected chi connectivity index (χ2v) is 13.0. The number of nitrogens with zero attached hydrogens (tertiary/aromatic N) is 8. The van der Waals surface area contributed by atoms with Gasteiger partial charge in [-0.2, -0.15) is 15.2 Å². The van der Waals surface area contributed by atoms with Gasteiger partial charge in [0.2, 0.25) is 0 Å². The van der Waals surface area contributed by atoms with E-state index in [-0.39, 0.29) is 18.6 Å². The molecule has 0 N–H and O–H groups in total. The van der Waals surface area contributed by atoms with Crippen LogP contribution in [0.25, 0.3) is 10.9 Å². The summed E-state index contributed by atoms with van der Waals surface area (Å²) in [6.45, 7) is 10.1. The topological polar surface area (TPSA) is 111 Å². The molecule has 0 aliphatic carbocycles. The third-order valence-corrected chi connectivity index (χ3v) is 8.80. The lowest BCUT2D eigenvalue weighted by Crippen LogP contribution is -2.56. The number of rotatable bonds is 6. The van der Waals surface area contributed by atoms with Gasteiger partial charge in [0, 0.05) is 55.1 Å². The van der Waals surface area contributed by atoms with Crippen molar-refractivity contribution < 1.29 is 14.3 Å². The van der Waals surface area contributed by atoms with Crippen LogP contribution in [-0.4, -0.2) is 94.9 Å². The van der Waals surface area contributed by atoms with E-state index in [1.807, 2.05) is 39.1 Å². The Morgan fingerprint density at radius 2 is 1.93 bits per heavy atom. The highest BCUT2D eigenvalue weighted by Crippen LogP contribution is 2.35. The smallest absolute Gasteiger partial charge is 0.410 e. The number of hydrogen-bond acceptors (Lipinski definition) is 10. The Labute approximate surface area is 259 Å². The molecule has 0 saturated carbocycles. The number of ether oxygens (including phenoxy) is 2. The van der Waals surface area contributed by atoms with Crippen molar-refractivity contribution in [1.82, 2.24) is 24.8 Å². The van der Waals surface area contributed by atoms with Crippen LogP contribution in [0.3, 0.4) is 0 Å². The Kier molecular flexibility index (Phi) is 8.45. The largest absolute Gasteiger partial charge is 0.462 e. The van der Waals surface area contributed by atoms with Gasteiger partial charge in [0.05, 0.1) is 36.3 Å². The molecule has 2 atom stereocenters. The quantitative estimate of drug-likeness (QED) is 0.405. The van der Waals surface area contributed by atoms with Gasteiger partial charge in [0.1, 0.15) is 18.0 Å². The van der Waals surface area contributed by atoms with Crippen LogP contribution in [-0.2, 0) is 17.7 Å². The van der Waals surface area contributed by atoms with Gasteiger partial charge in [-0.05, 0) is 77.9 Å². The van der Waals surface area contributed by atoms with Gasteiger partial charge >= 0.3 is 12.1 Å². The molecule has 3 aliphatic rings. The zero-order valence-corrected chi connectivity index (χ0v) is 26.2. The number of fused-ring (bicyclic) bond motifs is 2. The summed E-state index contributed by atoms with van der Waals surface area (Å²) in [4.78, 5) is 36.2. The number of anilines is 2. The number of nitriles is 1. The van der Waals surface area contributed by atoms with E-state index in [9.17, 15) is 10.1 Å². The number of hydrogen-bond donors (Lipinski definition) is 0. The van der Waals surface area contributed by atoms with Crippen molar-refractivity contribution in [3.8, 4) is 12.1 Å². The van der Waals surface area contributed by atoms with Crippen molar-refractivity contribution in [3.05, 3.63) is 47.8 Å². The molecule has 232 valence electrons. The molecule has 0 spiro atoms. The minimum absolute atomic E-state index is 0.212. The molecule has 0 unspecified atom stereocenters. The summed E-state index contributed by atoms with van der Waals surface area (Å²) in [6, 6.07) is 13.0. The fourth-order valence-electron chi connectivity index (χ4n) is 6.53. The summed E-state index contributed by atoms with van der Waals surface area (Å²) < 4.78 is 12.0. The Morgan fingerprint density at radius 3 is 2.70 bits per heavy atom. The molecule has 44 heavy (non-hydrogen) atoms. The lowest BCUT2D eigenvalue weighted by atomic mass is 10.0. The molecule has 5 heterocycles. The van der Waals surface area contributed by atoms with Crippen molar-refractivity contribution in [2.75, 3.05) is 56.2 Å². The number of carbonyl (C=O) groups excluding carboxylic acids is 1. The average molecular weight is 599 g/mol. The summed E-state index contributed by atoms with van der Waals surface area (Å²) in [7, 11) is 2.14. The lowest BCUT2D eigenvalue weighted by molar-refractivity contribution is 0.0144. The molecule has 2 saturated heterocycles. The van der Waals surface area contributed by atoms with Crippen LogP contribution in [0.1, 0.15) is 51.3 Å². The number of piperazine rings is 1. The van der Waals surface area contributed by atoms with Gasteiger partial charge in [0.25, 0.3) is 0 Å². The first-order chi connectivity index (χ1) is 21.2. The first-order valence-electron chi connectivity index (χ1n) is 15.6. The third-order valence-electron chi connectivity index (χ3n) is 8.80. The van der Waals surface area contributed by atoms with E-state index >= 15 is 0 Å². The highest BCUT2D eigenvalue weighted by Gasteiger charge is 2.36. The van der Waals surface area contributed by atoms with Gasteiger partial charge in [-0.15, -0.1) is 0 Å². The van der Waals surface area contributed by atoms with E-state index in [4.69, 9.17) is 19.4 Å². The Bertz CT molecular complexity index is 1550. The summed E-state index contributed by atoms with van der Waals surface area (Å²) in [6.07, 6.45) is 4.68.